The van der Waals surface area contributed by atoms with E-state index in [9.17, 15) is 4.79 Å². The summed E-state index contributed by atoms with van der Waals surface area (Å²) in [4.78, 5) is 15.0. The third-order valence-electron chi connectivity index (χ3n) is 4.05. The number of aromatic nitrogens is 1. The standard InChI is InChI=1S/C20H22N2OS/c1-4-11-21(14-16-8-6-5-7-9-16)20(23)18-13-19-17(10-12-24-19)22(18)15(2)3/h4-10,12-13,15H,1,11,14H2,2-3H3. The Morgan fingerprint density at radius 3 is 2.71 bits per heavy atom. The van der Waals surface area contributed by atoms with Gasteiger partial charge in [-0.05, 0) is 36.9 Å². The first-order valence-electron chi connectivity index (χ1n) is 8.14. The molecule has 0 N–H and O–H groups in total. The molecule has 0 bridgehead atoms. The van der Waals surface area contributed by atoms with Crippen molar-refractivity contribution >= 4 is 27.5 Å². The topological polar surface area (TPSA) is 25.2 Å². The molecule has 0 aliphatic heterocycles. The number of thiophene rings is 1. The van der Waals surface area contributed by atoms with Gasteiger partial charge in [0.15, 0.2) is 0 Å². The minimum absolute atomic E-state index is 0.0517. The Balaban J connectivity index is 1.97. The Morgan fingerprint density at radius 1 is 1.29 bits per heavy atom. The zero-order valence-corrected chi connectivity index (χ0v) is 14.9. The molecule has 0 spiro atoms. The second-order valence-electron chi connectivity index (χ2n) is 6.12. The minimum Gasteiger partial charge on any atom is -0.333 e. The van der Waals surface area contributed by atoms with Gasteiger partial charge in [-0.2, -0.15) is 0 Å². The van der Waals surface area contributed by atoms with E-state index in [2.05, 4.69) is 36.4 Å². The highest BCUT2D eigenvalue weighted by Crippen LogP contribution is 2.29. The van der Waals surface area contributed by atoms with Crippen LogP contribution >= 0.6 is 11.3 Å². The predicted octanol–water partition coefficient (Wildman–Crippen LogP) is 5.11. The van der Waals surface area contributed by atoms with Crippen molar-refractivity contribution in [1.82, 2.24) is 9.47 Å². The highest BCUT2D eigenvalue weighted by molar-refractivity contribution is 7.17. The van der Waals surface area contributed by atoms with Crippen molar-refractivity contribution in [2.24, 2.45) is 0 Å². The molecule has 3 nitrogen and oxygen atoms in total. The first-order valence-corrected chi connectivity index (χ1v) is 9.02. The molecule has 0 radical (unpaired) electrons. The van der Waals surface area contributed by atoms with Gasteiger partial charge in [-0.25, -0.2) is 0 Å². The maximum absolute atomic E-state index is 13.2. The summed E-state index contributed by atoms with van der Waals surface area (Å²) >= 11 is 1.67. The Labute approximate surface area is 146 Å². The Hall–Kier alpha value is -2.33. The first-order chi connectivity index (χ1) is 11.6. The van der Waals surface area contributed by atoms with Gasteiger partial charge in [-0.1, -0.05) is 36.4 Å². The number of rotatable bonds is 6. The number of fused-ring (bicyclic) bond motifs is 1. The number of amides is 1. The smallest absolute Gasteiger partial charge is 0.271 e. The van der Waals surface area contributed by atoms with Crippen LogP contribution in [-0.4, -0.2) is 21.9 Å². The molecule has 0 fully saturated rings. The first kappa shape index (κ1) is 16.5. The average Bonchev–Trinajstić information content (AvgIpc) is 3.15. The molecule has 2 aromatic heterocycles. The van der Waals surface area contributed by atoms with Gasteiger partial charge in [0.25, 0.3) is 5.91 Å². The fourth-order valence-corrected chi connectivity index (χ4v) is 3.82. The molecule has 4 heteroatoms. The van der Waals surface area contributed by atoms with Crippen molar-refractivity contribution in [2.45, 2.75) is 26.4 Å². The Kier molecular flexibility index (Phi) is 4.86. The summed E-state index contributed by atoms with van der Waals surface area (Å²) < 4.78 is 3.29. The molecule has 0 atom stereocenters. The number of hydrogen-bond donors (Lipinski definition) is 0. The zero-order valence-electron chi connectivity index (χ0n) is 14.1. The third-order valence-corrected chi connectivity index (χ3v) is 4.90. The van der Waals surface area contributed by atoms with Crippen LogP contribution in [0, 0.1) is 0 Å². The highest BCUT2D eigenvalue weighted by atomic mass is 32.1. The van der Waals surface area contributed by atoms with Crippen LogP contribution in [-0.2, 0) is 6.54 Å². The maximum Gasteiger partial charge on any atom is 0.271 e. The van der Waals surface area contributed by atoms with Gasteiger partial charge in [0, 0.05) is 19.1 Å². The van der Waals surface area contributed by atoms with Gasteiger partial charge < -0.3 is 9.47 Å². The molecule has 2 heterocycles. The van der Waals surface area contributed by atoms with E-state index in [4.69, 9.17) is 0 Å². The normalized spacial score (nSPS) is 11.1. The fraction of sp³-hybridized carbons (Fsp3) is 0.250. The molecule has 0 saturated heterocycles. The minimum atomic E-state index is 0.0517. The van der Waals surface area contributed by atoms with E-state index in [1.54, 1.807) is 17.4 Å². The molecular formula is C20H22N2OS. The summed E-state index contributed by atoms with van der Waals surface area (Å²) in [6.45, 7) is 9.16. The van der Waals surface area contributed by atoms with Crippen molar-refractivity contribution in [2.75, 3.05) is 6.54 Å². The van der Waals surface area contributed by atoms with E-state index in [1.165, 1.54) is 0 Å². The van der Waals surface area contributed by atoms with Crippen molar-refractivity contribution < 1.29 is 4.79 Å². The van der Waals surface area contributed by atoms with E-state index in [1.807, 2.05) is 41.3 Å². The lowest BCUT2D eigenvalue weighted by Crippen LogP contribution is -2.32. The van der Waals surface area contributed by atoms with Crippen LogP contribution in [0.4, 0.5) is 0 Å². The van der Waals surface area contributed by atoms with Crippen molar-refractivity contribution in [1.29, 1.82) is 0 Å². The van der Waals surface area contributed by atoms with Crippen LogP contribution in [0.15, 0.2) is 60.5 Å². The monoisotopic (exact) mass is 338 g/mol. The molecule has 1 aromatic carbocycles. The van der Waals surface area contributed by atoms with Crippen LogP contribution in [0.2, 0.25) is 0 Å². The summed E-state index contributed by atoms with van der Waals surface area (Å²) in [6.07, 6.45) is 1.78. The lowest BCUT2D eigenvalue weighted by molar-refractivity contribution is 0.0751. The molecule has 3 rings (SSSR count). The summed E-state index contributed by atoms with van der Waals surface area (Å²) in [5.41, 5.74) is 3.01. The summed E-state index contributed by atoms with van der Waals surface area (Å²) in [7, 11) is 0. The number of nitrogens with zero attached hydrogens (tertiary/aromatic N) is 2. The maximum atomic E-state index is 13.2. The highest BCUT2D eigenvalue weighted by Gasteiger charge is 2.22. The number of carbonyl (C=O) groups is 1. The van der Waals surface area contributed by atoms with Gasteiger partial charge >= 0.3 is 0 Å². The van der Waals surface area contributed by atoms with Gasteiger partial charge in [0.05, 0.1) is 10.2 Å². The van der Waals surface area contributed by atoms with Crippen LogP contribution in [0.3, 0.4) is 0 Å². The SMILES string of the molecule is C=CCN(Cc1ccccc1)C(=O)c1cc2sccc2n1C(C)C. The molecule has 0 aliphatic rings. The summed E-state index contributed by atoms with van der Waals surface area (Å²) in [6, 6.07) is 14.4. The van der Waals surface area contributed by atoms with E-state index in [0.717, 1.165) is 21.5 Å². The molecule has 3 aromatic rings. The number of benzene rings is 1. The van der Waals surface area contributed by atoms with Gasteiger partial charge in [0.2, 0.25) is 0 Å². The zero-order chi connectivity index (χ0) is 17.1. The van der Waals surface area contributed by atoms with E-state index < -0.39 is 0 Å². The van der Waals surface area contributed by atoms with Crippen LogP contribution in [0.1, 0.15) is 35.9 Å². The average molecular weight is 338 g/mol. The van der Waals surface area contributed by atoms with Crippen LogP contribution < -0.4 is 0 Å². The molecular weight excluding hydrogens is 316 g/mol. The predicted molar refractivity (Wildman–Crippen MR) is 102 cm³/mol. The van der Waals surface area contributed by atoms with Crippen molar-refractivity contribution in [3.8, 4) is 0 Å². The van der Waals surface area contributed by atoms with Crippen LogP contribution in [0.25, 0.3) is 10.2 Å². The number of hydrogen-bond acceptors (Lipinski definition) is 2. The quantitative estimate of drug-likeness (QED) is 0.573. The Bertz CT molecular complexity index is 845. The van der Waals surface area contributed by atoms with Gasteiger partial charge in [-0.3, -0.25) is 4.79 Å². The second-order valence-corrected chi connectivity index (χ2v) is 7.07. The fourth-order valence-electron chi connectivity index (χ4n) is 3.01. The number of carbonyl (C=O) groups excluding carboxylic acids is 1. The Morgan fingerprint density at radius 2 is 2.04 bits per heavy atom. The lowest BCUT2D eigenvalue weighted by atomic mass is 10.2. The molecule has 1 amide bonds. The van der Waals surface area contributed by atoms with Crippen molar-refractivity contribution in [3.05, 3.63) is 71.8 Å². The van der Waals surface area contributed by atoms with Crippen LogP contribution in [0.5, 0.6) is 0 Å². The lowest BCUT2D eigenvalue weighted by Gasteiger charge is -2.23. The largest absolute Gasteiger partial charge is 0.333 e. The molecule has 0 saturated carbocycles. The van der Waals surface area contributed by atoms with E-state index >= 15 is 0 Å². The molecule has 0 aliphatic carbocycles. The van der Waals surface area contributed by atoms with Gasteiger partial charge in [0.1, 0.15) is 5.69 Å². The summed E-state index contributed by atoms with van der Waals surface area (Å²) in [5, 5.41) is 2.07. The molecule has 124 valence electrons. The van der Waals surface area contributed by atoms with Crippen molar-refractivity contribution in [3.63, 3.8) is 0 Å². The summed E-state index contributed by atoms with van der Waals surface area (Å²) in [5.74, 6) is 0.0517. The van der Waals surface area contributed by atoms with E-state index in [0.29, 0.717) is 13.1 Å². The second kappa shape index (κ2) is 7.05. The third kappa shape index (κ3) is 3.15. The van der Waals surface area contributed by atoms with Gasteiger partial charge in [-0.15, -0.1) is 17.9 Å². The molecule has 24 heavy (non-hydrogen) atoms. The van der Waals surface area contributed by atoms with E-state index in [-0.39, 0.29) is 11.9 Å². The molecule has 0 unspecified atom stereocenters.